The van der Waals surface area contributed by atoms with Crippen molar-refractivity contribution in [2.45, 2.75) is 25.8 Å². The van der Waals surface area contributed by atoms with Crippen LogP contribution in [0.1, 0.15) is 45.5 Å². The summed E-state index contributed by atoms with van der Waals surface area (Å²) in [6, 6.07) is 0. The molecule has 112 valence electrons. The number of carbonyl (C=O) groups excluding carboxylic acids is 3. The molecule has 1 amide bonds. The fourth-order valence-electron chi connectivity index (χ4n) is 2.40. The second-order valence-corrected chi connectivity index (χ2v) is 4.86. The van der Waals surface area contributed by atoms with Crippen LogP contribution in [0.25, 0.3) is 0 Å². The molecule has 1 aromatic carbocycles. The second kappa shape index (κ2) is 5.82. The summed E-state index contributed by atoms with van der Waals surface area (Å²) in [7, 11) is 0. The molecule has 7 heteroatoms. The van der Waals surface area contributed by atoms with Gasteiger partial charge in [0.05, 0.1) is 23.2 Å². The fraction of sp³-hybridized carbons (Fsp3) is 0.357. The smallest absolute Gasteiger partial charge is 0.222 e. The van der Waals surface area contributed by atoms with Crippen LogP contribution in [0.3, 0.4) is 0 Å². The number of hydrogen-bond donors (Lipinski definition) is 3. The Bertz CT molecular complexity index is 575. The standard InChI is InChI=1S/C14H15NO6/c16-6-9-12(19)8(13(20)10(7-17)14(9)21)5-15-4-2-1-3-11(15)18/h6-7,19-21H,1-5H2. The molecule has 0 spiro atoms. The fourth-order valence-corrected chi connectivity index (χ4v) is 2.40. The Kier molecular flexibility index (Phi) is 4.11. The van der Waals surface area contributed by atoms with Gasteiger partial charge in [-0.15, -0.1) is 0 Å². The number of carbonyl (C=O) groups is 3. The zero-order valence-electron chi connectivity index (χ0n) is 11.2. The van der Waals surface area contributed by atoms with E-state index in [2.05, 4.69) is 0 Å². The van der Waals surface area contributed by atoms with Crippen LogP contribution in [0, 0.1) is 0 Å². The second-order valence-electron chi connectivity index (χ2n) is 4.86. The third kappa shape index (κ3) is 2.54. The highest BCUT2D eigenvalue weighted by Crippen LogP contribution is 2.41. The average molecular weight is 293 g/mol. The minimum Gasteiger partial charge on any atom is -0.507 e. The predicted molar refractivity (Wildman–Crippen MR) is 71.5 cm³/mol. The quantitative estimate of drug-likeness (QED) is 0.712. The maximum Gasteiger partial charge on any atom is 0.222 e. The van der Waals surface area contributed by atoms with E-state index in [0.29, 0.717) is 13.0 Å². The van der Waals surface area contributed by atoms with Gasteiger partial charge in [0.15, 0.2) is 12.6 Å². The number of phenolic OH excluding ortho intramolecular Hbond substituents is 3. The molecule has 0 aromatic heterocycles. The van der Waals surface area contributed by atoms with Crippen molar-refractivity contribution in [1.29, 1.82) is 0 Å². The van der Waals surface area contributed by atoms with E-state index in [1.54, 1.807) is 0 Å². The van der Waals surface area contributed by atoms with Gasteiger partial charge in [-0.05, 0) is 12.8 Å². The van der Waals surface area contributed by atoms with Crippen LogP contribution < -0.4 is 0 Å². The molecule has 0 aliphatic carbocycles. The first kappa shape index (κ1) is 14.8. The van der Waals surface area contributed by atoms with E-state index < -0.39 is 28.4 Å². The molecule has 1 saturated heterocycles. The van der Waals surface area contributed by atoms with E-state index >= 15 is 0 Å². The van der Waals surface area contributed by atoms with Crippen molar-refractivity contribution in [2.24, 2.45) is 0 Å². The van der Waals surface area contributed by atoms with Crippen LogP contribution in [0.4, 0.5) is 0 Å². The molecule has 0 radical (unpaired) electrons. The molecule has 7 nitrogen and oxygen atoms in total. The summed E-state index contributed by atoms with van der Waals surface area (Å²) in [4.78, 5) is 35.1. The van der Waals surface area contributed by atoms with Crippen molar-refractivity contribution in [2.75, 3.05) is 6.54 Å². The van der Waals surface area contributed by atoms with Gasteiger partial charge in [0.2, 0.25) is 5.91 Å². The third-order valence-electron chi connectivity index (χ3n) is 3.60. The summed E-state index contributed by atoms with van der Waals surface area (Å²) in [5, 5.41) is 29.6. The van der Waals surface area contributed by atoms with Crippen LogP contribution in [0.15, 0.2) is 0 Å². The molecular formula is C14H15NO6. The molecule has 0 saturated carbocycles. The maximum atomic E-state index is 11.8. The summed E-state index contributed by atoms with van der Waals surface area (Å²) in [5.74, 6) is -2.15. The number of phenols is 3. The van der Waals surface area contributed by atoms with Gasteiger partial charge in [-0.3, -0.25) is 14.4 Å². The highest BCUT2D eigenvalue weighted by Gasteiger charge is 2.26. The van der Waals surface area contributed by atoms with Gasteiger partial charge < -0.3 is 20.2 Å². The van der Waals surface area contributed by atoms with Crippen molar-refractivity contribution in [3.05, 3.63) is 16.7 Å². The van der Waals surface area contributed by atoms with Crippen LogP contribution in [-0.2, 0) is 11.3 Å². The first-order chi connectivity index (χ1) is 10.0. The normalized spacial score (nSPS) is 15.0. The minimum atomic E-state index is -0.774. The summed E-state index contributed by atoms with van der Waals surface area (Å²) in [5.41, 5.74) is -1.07. The first-order valence-electron chi connectivity index (χ1n) is 6.49. The lowest BCUT2D eigenvalue weighted by Crippen LogP contribution is -2.34. The van der Waals surface area contributed by atoms with Crippen LogP contribution in [-0.4, -0.2) is 45.2 Å². The number of hydrogen-bond acceptors (Lipinski definition) is 6. The number of aldehydes is 2. The largest absolute Gasteiger partial charge is 0.507 e. The van der Waals surface area contributed by atoms with Crippen LogP contribution in [0.2, 0.25) is 0 Å². The Balaban J connectivity index is 2.49. The van der Waals surface area contributed by atoms with Crippen LogP contribution in [0.5, 0.6) is 17.2 Å². The Labute approximate surface area is 120 Å². The lowest BCUT2D eigenvalue weighted by atomic mass is 10.00. The van der Waals surface area contributed by atoms with E-state index in [4.69, 9.17) is 0 Å². The van der Waals surface area contributed by atoms with E-state index in [1.165, 1.54) is 4.90 Å². The molecule has 1 heterocycles. The van der Waals surface area contributed by atoms with Gasteiger partial charge in [0, 0.05) is 13.0 Å². The molecular weight excluding hydrogens is 278 g/mol. The van der Waals surface area contributed by atoms with Crippen molar-refractivity contribution >= 4 is 18.5 Å². The minimum absolute atomic E-state index is 0.118. The Morgan fingerprint density at radius 2 is 1.52 bits per heavy atom. The Morgan fingerprint density at radius 3 is 2.00 bits per heavy atom. The molecule has 1 fully saturated rings. The van der Waals surface area contributed by atoms with Gasteiger partial charge >= 0.3 is 0 Å². The zero-order valence-corrected chi connectivity index (χ0v) is 11.2. The summed E-state index contributed by atoms with van der Waals surface area (Å²) in [6.45, 7) is 0.337. The van der Waals surface area contributed by atoms with Gasteiger partial charge in [0.1, 0.15) is 17.2 Å². The number of benzene rings is 1. The predicted octanol–water partition coefficient (Wildman–Crippen LogP) is 0.941. The first-order valence-corrected chi connectivity index (χ1v) is 6.49. The van der Waals surface area contributed by atoms with E-state index in [-0.39, 0.29) is 30.6 Å². The average Bonchev–Trinajstić information content (AvgIpc) is 2.46. The molecule has 1 aliphatic rings. The molecule has 21 heavy (non-hydrogen) atoms. The summed E-state index contributed by atoms with van der Waals surface area (Å²) >= 11 is 0. The molecule has 1 aromatic rings. The number of amides is 1. The SMILES string of the molecule is O=Cc1c(O)c(C=O)c(O)c(CN2CCCCC2=O)c1O. The molecule has 2 rings (SSSR count). The van der Waals surface area contributed by atoms with Gasteiger partial charge in [-0.1, -0.05) is 0 Å². The van der Waals surface area contributed by atoms with Crippen molar-refractivity contribution in [3.8, 4) is 17.2 Å². The lowest BCUT2D eigenvalue weighted by Gasteiger charge is -2.27. The highest BCUT2D eigenvalue weighted by molar-refractivity contribution is 5.94. The monoisotopic (exact) mass is 293 g/mol. The topological polar surface area (TPSA) is 115 Å². The van der Waals surface area contributed by atoms with Crippen LogP contribution >= 0.6 is 0 Å². The van der Waals surface area contributed by atoms with Gasteiger partial charge in [-0.2, -0.15) is 0 Å². The number of rotatable bonds is 4. The highest BCUT2D eigenvalue weighted by atomic mass is 16.3. The van der Waals surface area contributed by atoms with E-state index in [9.17, 15) is 29.7 Å². The molecule has 0 bridgehead atoms. The summed E-state index contributed by atoms with van der Waals surface area (Å²) < 4.78 is 0. The maximum absolute atomic E-state index is 11.8. The lowest BCUT2D eigenvalue weighted by molar-refractivity contribution is -0.133. The number of aromatic hydroxyl groups is 3. The molecule has 1 aliphatic heterocycles. The van der Waals surface area contributed by atoms with Gasteiger partial charge in [-0.25, -0.2) is 0 Å². The van der Waals surface area contributed by atoms with E-state index in [1.807, 2.05) is 0 Å². The van der Waals surface area contributed by atoms with Crippen molar-refractivity contribution in [3.63, 3.8) is 0 Å². The number of piperidine rings is 1. The molecule has 0 atom stereocenters. The van der Waals surface area contributed by atoms with Gasteiger partial charge in [0.25, 0.3) is 0 Å². The third-order valence-corrected chi connectivity index (χ3v) is 3.60. The van der Waals surface area contributed by atoms with Crippen molar-refractivity contribution < 1.29 is 29.7 Å². The Morgan fingerprint density at radius 1 is 0.952 bits per heavy atom. The number of likely N-dealkylation sites (tertiary alicyclic amines) is 1. The Hall–Kier alpha value is -2.57. The molecule has 0 unspecified atom stereocenters. The molecule has 3 N–H and O–H groups in total. The van der Waals surface area contributed by atoms with Crippen molar-refractivity contribution in [1.82, 2.24) is 4.90 Å². The summed E-state index contributed by atoms with van der Waals surface area (Å²) in [6.07, 6.45) is 2.34. The number of nitrogens with zero attached hydrogens (tertiary/aromatic N) is 1. The van der Waals surface area contributed by atoms with E-state index in [0.717, 1.165) is 12.8 Å². The zero-order chi connectivity index (χ0) is 15.6.